The van der Waals surface area contributed by atoms with Crippen molar-refractivity contribution >= 4 is 5.78 Å². The molecule has 1 aromatic carbocycles. The molecule has 1 aromatic heterocycles. The Kier molecular flexibility index (Phi) is 3.72. The lowest BCUT2D eigenvalue weighted by Gasteiger charge is -2.07. The molecule has 0 unspecified atom stereocenters. The van der Waals surface area contributed by atoms with Crippen molar-refractivity contribution in [3.05, 3.63) is 59.4 Å². The van der Waals surface area contributed by atoms with Crippen molar-refractivity contribution in [3.8, 4) is 5.75 Å². The number of ketones is 1. The molecule has 0 spiro atoms. The molecule has 0 saturated heterocycles. The highest BCUT2D eigenvalue weighted by atomic mass is 16.5. The fourth-order valence-electron chi connectivity index (χ4n) is 1.86. The lowest BCUT2D eigenvalue weighted by atomic mass is 9.98. The molecule has 0 amide bonds. The predicted octanol–water partition coefficient (Wildman–Crippen LogP) is 2.88. The molecule has 18 heavy (non-hydrogen) atoms. The number of hydrogen-bond acceptors (Lipinski definition) is 3. The first-order valence-electron chi connectivity index (χ1n) is 5.88. The Morgan fingerprint density at radius 2 is 2.06 bits per heavy atom. The molecule has 0 fully saturated rings. The highest BCUT2D eigenvalue weighted by Crippen LogP contribution is 2.17. The van der Waals surface area contributed by atoms with Gasteiger partial charge in [-0.1, -0.05) is 31.2 Å². The normalized spacial score (nSPS) is 10.1. The molecule has 0 aliphatic heterocycles. The largest absolute Gasteiger partial charge is 0.495 e. The van der Waals surface area contributed by atoms with Crippen LogP contribution >= 0.6 is 0 Å². The standard InChI is InChI=1S/C15H15NO2/c1-3-11-6-4-5-7-14(11)15(17)12-8-13(18-2)10-16-9-12/h4-10H,3H2,1-2H3. The molecule has 0 saturated carbocycles. The van der Waals surface area contributed by atoms with E-state index in [0.717, 1.165) is 17.5 Å². The van der Waals surface area contributed by atoms with Gasteiger partial charge in [0.15, 0.2) is 5.78 Å². The van der Waals surface area contributed by atoms with Gasteiger partial charge in [0.25, 0.3) is 0 Å². The summed E-state index contributed by atoms with van der Waals surface area (Å²) >= 11 is 0. The first kappa shape index (κ1) is 12.3. The quantitative estimate of drug-likeness (QED) is 0.773. The van der Waals surface area contributed by atoms with Crippen LogP contribution in [0.3, 0.4) is 0 Å². The van der Waals surface area contributed by atoms with Crippen molar-refractivity contribution in [2.45, 2.75) is 13.3 Å². The fraction of sp³-hybridized carbons (Fsp3) is 0.200. The smallest absolute Gasteiger partial charge is 0.194 e. The molecular weight excluding hydrogens is 226 g/mol. The van der Waals surface area contributed by atoms with Crippen LogP contribution in [0.2, 0.25) is 0 Å². The summed E-state index contributed by atoms with van der Waals surface area (Å²) in [5.41, 5.74) is 2.33. The summed E-state index contributed by atoms with van der Waals surface area (Å²) in [6, 6.07) is 9.35. The number of methoxy groups -OCH3 is 1. The molecule has 0 radical (unpaired) electrons. The van der Waals surface area contributed by atoms with Gasteiger partial charge in [-0.2, -0.15) is 0 Å². The average Bonchev–Trinajstić information content (AvgIpc) is 2.46. The minimum atomic E-state index is -0.0150. The SMILES string of the molecule is CCc1ccccc1C(=O)c1cncc(OC)c1. The van der Waals surface area contributed by atoms with Crippen molar-refractivity contribution in [2.75, 3.05) is 7.11 Å². The van der Waals surface area contributed by atoms with Crippen LogP contribution in [-0.2, 0) is 6.42 Å². The predicted molar refractivity (Wildman–Crippen MR) is 70.0 cm³/mol. The van der Waals surface area contributed by atoms with Crippen LogP contribution in [-0.4, -0.2) is 17.9 Å². The Morgan fingerprint density at radius 3 is 2.78 bits per heavy atom. The molecule has 0 aliphatic rings. The molecular formula is C15H15NO2. The monoisotopic (exact) mass is 241 g/mol. The van der Waals surface area contributed by atoms with Gasteiger partial charge in [0, 0.05) is 17.3 Å². The highest BCUT2D eigenvalue weighted by molar-refractivity contribution is 6.09. The average molecular weight is 241 g/mol. The maximum Gasteiger partial charge on any atom is 0.194 e. The van der Waals surface area contributed by atoms with Gasteiger partial charge in [-0.15, -0.1) is 0 Å². The zero-order valence-electron chi connectivity index (χ0n) is 10.5. The van der Waals surface area contributed by atoms with Crippen LogP contribution in [0, 0.1) is 0 Å². The van der Waals surface area contributed by atoms with E-state index in [1.807, 2.05) is 31.2 Å². The van der Waals surface area contributed by atoms with Gasteiger partial charge in [-0.05, 0) is 18.1 Å². The molecule has 3 heteroatoms. The molecule has 0 atom stereocenters. The summed E-state index contributed by atoms with van der Waals surface area (Å²) in [6.07, 6.45) is 3.99. The van der Waals surface area contributed by atoms with Crippen LogP contribution in [0.4, 0.5) is 0 Å². The number of carbonyl (C=O) groups excluding carboxylic acids is 1. The van der Waals surface area contributed by atoms with Gasteiger partial charge in [-0.3, -0.25) is 9.78 Å². The van der Waals surface area contributed by atoms with Crippen LogP contribution < -0.4 is 4.74 Å². The molecule has 0 N–H and O–H groups in total. The molecule has 2 rings (SSSR count). The van der Waals surface area contributed by atoms with Crippen molar-refractivity contribution in [1.29, 1.82) is 0 Å². The van der Waals surface area contributed by atoms with Crippen LogP contribution in [0.15, 0.2) is 42.7 Å². The Labute approximate surface area is 106 Å². The molecule has 3 nitrogen and oxygen atoms in total. The fourth-order valence-corrected chi connectivity index (χ4v) is 1.86. The second kappa shape index (κ2) is 5.45. The van der Waals surface area contributed by atoms with E-state index in [0.29, 0.717) is 11.3 Å². The third kappa shape index (κ3) is 2.40. The van der Waals surface area contributed by atoms with Gasteiger partial charge < -0.3 is 4.74 Å². The van der Waals surface area contributed by atoms with E-state index in [1.54, 1.807) is 25.6 Å². The first-order valence-corrected chi connectivity index (χ1v) is 5.88. The zero-order chi connectivity index (χ0) is 13.0. The number of hydrogen-bond donors (Lipinski definition) is 0. The van der Waals surface area contributed by atoms with E-state index < -0.39 is 0 Å². The maximum absolute atomic E-state index is 12.4. The van der Waals surface area contributed by atoms with E-state index in [1.165, 1.54) is 0 Å². The summed E-state index contributed by atoms with van der Waals surface area (Å²) < 4.78 is 5.08. The molecule has 92 valence electrons. The highest BCUT2D eigenvalue weighted by Gasteiger charge is 2.13. The third-order valence-electron chi connectivity index (χ3n) is 2.85. The van der Waals surface area contributed by atoms with Crippen molar-refractivity contribution in [3.63, 3.8) is 0 Å². The summed E-state index contributed by atoms with van der Waals surface area (Å²) in [5.74, 6) is 0.577. The van der Waals surface area contributed by atoms with Gasteiger partial charge in [0.2, 0.25) is 0 Å². The Balaban J connectivity index is 2.41. The topological polar surface area (TPSA) is 39.2 Å². The van der Waals surface area contributed by atoms with E-state index >= 15 is 0 Å². The second-order valence-electron chi connectivity index (χ2n) is 3.95. The molecule has 2 aromatic rings. The summed E-state index contributed by atoms with van der Waals surface area (Å²) in [5, 5.41) is 0. The number of ether oxygens (including phenoxy) is 1. The molecule has 0 aliphatic carbocycles. The van der Waals surface area contributed by atoms with Crippen molar-refractivity contribution in [1.82, 2.24) is 4.98 Å². The minimum absolute atomic E-state index is 0.0150. The Hall–Kier alpha value is -2.16. The number of benzene rings is 1. The van der Waals surface area contributed by atoms with Crippen LogP contribution in [0.5, 0.6) is 5.75 Å². The van der Waals surface area contributed by atoms with Crippen molar-refractivity contribution in [2.24, 2.45) is 0 Å². The third-order valence-corrected chi connectivity index (χ3v) is 2.85. The Bertz CT molecular complexity index is 564. The number of aryl methyl sites for hydroxylation is 1. The summed E-state index contributed by atoms with van der Waals surface area (Å²) in [7, 11) is 1.56. The summed E-state index contributed by atoms with van der Waals surface area (Å²) in [4.78, 5) is 16.4. The Morgan fingerprint density at radius 1 is 1.28 bits per heavy atom. The minimum Gasteiger partial charge on any atom is -0.495 e. The number of nitrogens with zero attached hydrogens (tertiary/aromatic N) is 1. The molecule has 0 bridgehead atoms. The van der Waals surface area contributed by atoms with E-state index in [-0.39, 0.29) is 5.78 Å². The van der Waals surface area contributed by atoms with Crippen LogP contribution in [0.25, 0.3) is 0 Å². The van der Waals surface area contributed by atoms with Gasteiger partial charge in [-0.25, -0.2) is 0 Å². The maximum atomic E-state index is 12.4. The zero-order valence-corrected chi connectivity index (χ0v) is 10.5. The summed E-state index contributed by atoms with van der Waals surface area (Å²) in [6.45, 7) is 2.04. The number of pyridine rings is 1. The van der Waals surface area contributed by atoms with Gasteiger partial charge in [0.05, 0.1) is 13.3 Å². The van der Waals surface area contributed by atoms with Crippen molar-refractivity contribution < 1.29 is 9.53 Å². The second-order valence-corrected chi connectivity index (χ2v) is 3.95. The number of aromatic nitrogens is 1. The first-order chi connectivity index (χ1) is 8.76. The number of rotatable bonds is 4. The van der Waals surface area contributed by atoms with E-state index in [2.05, 4.69) is 4.98 Å². The lowest BCUT2D eigenvalue weighted by Crippen LogP contribution is -2.05. The van der Waals surface area contributed by atoms with Crippen LogP contribution in [0.1, 0.15) is 28.4 Å². The molecule has 1 heterocycles. The van der Waals surface area contributed by atoms with Gasteiger partial charge >= 0.3 is 0 Å². The van der Waals surface area contributed by atoms with Gasteiger partial charge in [0.1, 0.15) is 5.75 Å². The van der Waals surface area contributed by atoms with E-state index in [9.17, 15) is 4.79 Å². The number of carbonyl (C=O) groups is 1. The lowest BCUT2D eigenvalue weighted by molar-refractivity contribution is 0.103. The van der Waals surface area contributed by atoms with E-state index in [4.69, 9.17) is 4.74 Å².